The van der Waals surface area contributed by atoms with Crippen LogP contribution >= 0.6 is 7.75 Å². The lowest BCUT2D eigenvalue weighted by molar-refractivity contribution is -0.146. The highest BCUT2D eigenvalue weighted by Gasteiger charge is 2.50. The number of carbonyl (C=O) groups excluding carboxylic acids is 2. The zero-order valence-electron chi connectivity index (χ0n) is 38.7. The lowest BCUT2D eigenvalue weighted by Gasteiger charge is -2.31. The second-order valence-corrected chi connectivity index (χ2v) is 18.8. The third kappa shape index (κ3) is 18.4. The molecule has 2 aromatic heterocycles. The Bertz CT molecular complexity index is 1920. The van der Waals surface area contributed by atoms with Crippen molar-refractivity contribution in [1.29, 1.82) is 0 Å². The number of halogens is 1. The summed E-state index contributed by atoms with van der Waals surface area (Å²) in [5.74, 6) is 1.55. The number of nitrogens with one attached hydrogen (secondary N) is 1. The Kier molecular flexibility index (Phi) is 24.6. The van der Waals surface area contributed by atoms with E-state index in [1.807, 2.05) is 30.3 Å². The second kappa shape index (κ2) is 29.8. The Morgan fingerprint density at radius 3 is 2.14 bits per heavy atom. The zero-order valence-corrected chi connectivity index (χ0v) is 39.6. The van der Waals surface area contributed by atoms with Crippen molar-refractivity contribution in [1.82, 2.24) is 24.6 Å². The first-order valence-electron chi connectivity index (χ1n) is 24.0. The van der Waals surface area contributed by atoms with Crippen molar-refractivity contribution < 1.29 is 46.9 Å². The van der Waals surface area contributed by atoms with Gasteiger partial charge < -0.3 is 29.8 Å². The number of hydrogen-bond acceptors (Lipinski definition) is 13. The normalized spacial score (nSPS) is 19.2. The van der Waals surface area contributed by atoms with Gasteiger partial charge in [0.15, 0.2) is 28.9 Å². The van der Waals surface area contributed by atoms with E-state index >= 15 is 0 Å². The van der Waals surface area contributed by atoms with Crippen molar-refractivity contribution in [2.75, 3.05) is 32.2 Å². The van der Waals surface area contributed by atoms with Crippen LogP contribution in [0.15, 0.2) is 36.7 Å². The Balaban J connectivity index is 1.45. The number of imidazole rings is 1. The van der Waals surface area contributed by atoms with Crippen LogP contribution in [0.2, 0.25) is 0 Å². The monoisotopic (exact) mass is 929 g/mol. The first-order valence-corrected chi connectivity index (χ1v) is 25.5. The fourth-order valence-electron chi connectivity index (χ4n) is 7.87. The van der Waals surface area contributed by atoms with Gasteiger partial charge in [-0.1, -0.05) is 166 Å². The smallest absolute Gasteiger partial charge is 0.407 e. The molecule has 0 saturated carbocycles. The number of hydrogen-bond donors (Lipinski definition) is 3. The molecule has 1 aromatic carbocycles. The predicted molar refractivity (Wildman–Crippen MR) is 249 cm³/mol. The quantitative estimate of drug-likeness (QED) is 0.0124. The van der Waals surface area contributed by atoms with E-state index in [0.29, 0.717) is 19.3 Å². The summed E-state index contributed by atoms with van der Waals surface area (Å²) in [4.78, 5) is 37.8. The van der Waals surface area contributed by atoms with E-state index < -0.39 is 56.5 Å². The highest BCUT2D eigenvalue weighted by molar-refractivity contribution is 7.51. The number of fused-ring (bicyclic) bond motifs is 1. The number of aliphatic hydroxyl groups is 1. The topological polar surface area (TPSA) is 199 Å². The van der Waals surface area contributed by atoms with Gasteiger partial charge >= 0.3 is 19.8 Å². The molecule has 1 unspecified atom stereocenters. The summed E-state index contributed by atoms with van der Waals surface area (Å²) in [5.41, 5.74) is 4.76. The molecule has 1 aliphatic heterocycles. The van der Waals surface area contributed by atoms with Gasteiger partial charge in [-0.15, -0.1) is 6.42 Å². The van der Waals surface area contributed by atoms with Crippen LogP contribution in [0.4, 0.5) is 10.2 Å². The number of aliphatic hydroxyl groups excluding tert-OH is 1. The van der Waals surface area contributed by atoms with Crippen LogP contribution in [0.5, 0.6) is 0 Å². The van der Waals surface area contributed by atoms with Crippen LogP contribution in [-0.4, -0.2) is 87.2 Å². The van der Waals surface area contributed by atoms with Gasteiger partial charge in [0.1, 0.15) is 31.1 Å². The molecule has 362 valence electrons. The summed E-state index contributed by atoms with van der Waals surface area (Å²) >= 11 is 0. The number of aromatic nitrogens is 4. The van der Waals surface area contributed by atoms with Crippen LogP contribution in [0.3, 0.4) is 0 Å². The lowest BCUT2D eigenvalue weighted by Crippen LogP contribution is -2.44. The number of benzene rings is 1. The fourth-order valence-corrected chi connectivity index (χ4v) is 9.48. The summed E-state index contributed by atoms with van der Waals surface area (Å²) in [5, 5.41) is 14.1. The van der Waals surface area contributed by atoms with Gasteiger partial charge in [-0.2, -0.15) is 14.4 Å². The summed E-state index contributed by atoms with van der Waals surface area (Å²) < 4.78 is 60.2. The standard InChI is InChI=1S/C48H74FN6O9P/c1-4-7-9-11-13-15-17-19-21-26-30-60-35-39(34-56)64-65(59,62-36-48(6-3)41(57)33-42(63-48)55-37-51-43-44(50)52-47(49)53-45(43)55)54-40(32-38-28-24-23-25-29-38)46(58)61-31-27-22-20-18-16-14-12-10-8-5-2/h3,23-25,28-29,34,37,39-42,57H,4-5,7-22,26-27,30-33,35-36H2,1-2H3,(H,54,59)(H2,50,52,53)/t39-,40+,41+,42-,48-,65?/m1/s1. The zero-order chi connectivity index (χ0) is 46.8. The van der Waals surface area contributed by atoms with E-state index in [9.17, 15) is 23.7 Å². The summed E-state index contributed by atoms with van der Waals surface area (Å²) in [6.07, 6.45) is 25.4. The first kappa shape index (κ1) is 53.8. The Hall–Kier alpha value is -3.81. The maximum atomic E-state index is 15.0. The van der Waals surface area contributed by atoms with E-state index in [1.54, 1.807) is 0 Å². The van der Waals surface area contributed by atoms with Crippen molar-refractivity contribution >= 4 is 37.0 Å². The maximum Gasteiger partial charge on any atom is 0.407 e. The number of nitrogens with zero attached hydrogens (tertiary/aromatic N) is 4. The van der Waals surface area contributed by atoms with Gasteiger partial charge in [0.25, 0.3) is 0 Å². The molecule has 3 heterocycles. The minimum absolute atomic E-state index is 0.00307. The molecule has 1 fully saturated rings. The number of esters is 1. The lowest BCUT2D eigenvalue weighted by atomic mass is 9.99. The average molecular weight is 929 g/mol. The minimum atomic E-state index is -4.71. The van der Waals surface area contributed by atoms with Crippen molar-refractivity contribution in [3.63, 3.8) is 0 Å². The molecule has 3 aromatic rings. The van der Waals surface area contributed by atoms with E-state index in [1.165, 1.54) is 87.9 Å². The Morgan fingerprint density at radius 2 is 1.55 bits per heavy atom. The number of rotatable bonds is 36. The van der Waals surface area contributed by atoms with E-state index in [0.717, 1.165) is 50.5 Å². The van der Waals surface area contributed by atoms with E-state index in [2.05, 4.69) is 39.8 Å². The molecule has 6 atom stereocenters. The van der Waals surface area contributed by atoms with Crippen LogP contribution in [0.25, 0.3) is 11.2 Å². The molecule has 1 saturated heterocycles. The molecule has 4 N–H and O–H groups in total. The van der Waals surface area contributed by atoms with Gasteiger partial charge in [-0.05, 0) is 24.8 Å². The number of anilines is 1. The second-order valence-electron chi connectivity index (χ2n) is 17.1. The molecule has 15 nitrogen and oxygen atoms in total. The number of aldehydes is 1. The third-order valence-corrected chi connectivity index (χ3v) is 13.4. The maximum absolute atomic E-state index is 15.0. The minimum Gasteiger partial charge on any atom is -0.465 e. The molecule has 0 radical (unpaired) electrons. The van der Waals surface area contributed by atoms with Gasteiger partial charge in [-0.25, -0.2) is 14.6 Å². The largest absolute Gasteiger partial charge is 0.465 e. The molecule has 4 rings (SSSR count). The van der Waals surface area contributed by atoms with Gasteiger partial charge in [0.05, 0.1) is 19.5 Å². The van der Waals surface area contributed by atoms with Crippen molar-refractivity contribution in [3.8, 4) is 12.3 Å². The molecular weight excluding hydrogens is 855 g/mol. The van der Waals surface area contributed by atoms with E-state index in [4.69, 9.17) is 35.4 Å². The molecular formula is C48H74FN6O9P. The highest BCUT2D eigenvalue weighted by atomic mass is 31.2. The number of unbranched alkanes of at least 4 members (excludes halogenated alkanes) is 18. The van der Waals surface area contributed by atoms with Crippen LogP contribution < -0.4 is 10.8 Å². The first-order chi connectivity index (χ1) is 31.6. The fraction of sp³-hybridized carbons (Fsp3) is 0.688. The van der Waals surface area contributed by atoms with Gasteiger partial charge in [-0.3, -0.25) is 18.4 Å². The molecule has 0 bridgehead atoms. The highest BCUT2D eigenvalue weighted by Crippen LogP contribution is 2.49. The number of carbonyl (C=O) groups is 2. The van der Waals surface area contributed by atoms with Crippen LogP contribution in [-0.2, 0) is 43.8 Å². The average Bonchev–Trinajstić information content (AvgIpc) is 3.88. The molecule has 17 heteroatoms. The Morgan fingerprint density at radius 1 is 0.969 bits per heavy atom. The summed E-state index contributed by atoms with van der Waals surface area (Å²) in [6, 6.07) is 7.83. The number of nitrogen functional groups attached to an aromatic ring is 1. The van der Waals surface area contributed by atoms with Gasteiger partial charge in [0, 0.05) is 13.0 Å². The van der Waals surface area contributed by atoms with Crippen molar-refractivity contribution in [3.05, 3.63) is 48.3 Å². The number of terminal acetylenes is 1. The van der Waals surface area contributed by atoms with Crippen LogP contribution in [0.1, 0.15) is 160 Å². The SMILES string of the molecule is C#C[C@]1(COP(=O)(N[C@@H](Cc2ccccc2)C(=O)OCCCCCCCCCCCC)O[C@H](C=O)COCCCCCCCCCCCC)O[C@@H](n2cnc3c(N)nc(F)nc32)C[C@@H]1O. The van der Waals surface area contributed by atoms with Gasteiger partial charge in [0.2, 0.25) is 0 Å². The number of ether oxygens (including phenoxy) is 3. The van der Waals surface area contributed by atoms with Crippen molar-refractivity contribution in [2.24, 2.45) is 0 Å². The summed E-state index contributed by atoms with van der Waals surface area (Å²) in [6.45, 7) is 3.98. The molecule has 0 aliphatic carbocycles. The summed E-state index contributed by atoms with van der Waals surface area (Å²) in [7, 11) is -4.71. The number of nitrogens with two attached hydrogens (primary N) is 1. The third-order valence-electron chi connectivity index (χ3n) is 11.7. The van der Waals surface area contributed by atoms with E-state index in [-0.39, 0.29) is 43.0 Å². The predicted octanol–water partition coefficient (Wildman–Crippen LogP) is 9.51. The van der Waals surface area contributed by atoms with Crippen LogP contribution in [0, 0.1) is 18.4 Å². The molecule has 0 spiro atoms. The molecule has 0 amide bonds. The Labute approximate surface area is 385 Å². The molecule has 1 aliphatic rings. The van der Waals surface area contributed by atoms with Crippen molar-refractivity contribution in [2.45, 2.75) is 185 Å². The molecule has 65 heavy (non-hydrogen) atoms.